The second-order valence-corrected chi connectivity index (χ2v) is 4.57. The fourth-order valence-electron chi connectivity index (χ4n) is 1.51. The molecule has 0 radical (unpaired) electrons. The highest BCUT2D eigenvalue weighted by molar-refractivity contribution is 5.95. The lowest BCUT2D eigenvalue weighted by Crippen LogP contribution is -2.44. The maximum Gasteiger partial charge on any atom is 0.420 e. The number of hydrogen-bond acceptors (Lipinski definition) is 5. The zero-order valence-electron chi connectivity index (χ0n) is 12.4. The van der Waals surface area contributed by atoms with E-state index in [4.69, 9.17) is 0 Å². The van der Waals surface area contributed by atoms with Crippen LogP contribution in [0.3, 0.4) is 0 Å². The first-order chi connectivity index (χ1) is 11.8. The third kappa shape index (κ3) is 6.82. The van der Waals surface area contributed by atoms with Crippen LogP contribution >= 0.6 is 0 Å². The number of urea groups is 1. The van der Waals surface area contributed by atoms with Crippen LogP contribution in [0.5, 0.6) is 5.75 Å². The number of benzene rings is 1. The van der Waals surface area contributed by atoms with Crippen molar-refractivity contribution in [3.05, 3.63) is 33.9 Å². The van der Waals surface area contributed by atoms with Crippen molar-refractivity contribution in [2.45, 2.75) is 12.4 Å². The Bertz CT molecular complexity index is 704. The van der Waals surface area contributed by atoms with Gasteiger partial charge in [0.15, 0.2) is 6.61 Å². The summed E-state index contributed by atoms with van der Waals surface area (Å²) in [6, 6.07) is -0.0598. The quantitative estimate of drug-likeness (QED) is 0.456. The molecule has 0 aromatic heterocycles. The lowest BCUT2D eigenvalue weighted by Gasteiger charge is -2.13. The molecule has 144 valence electrons. The largest absolute Gasteiger partial charge is 0.483 e. The third-order valence-electron chi connectivity index (χ3n) is 2.54. The summed E-state index contributed by atoms with van der Waals surface area (Å²) in [4.78, 5) is 31.8. The molecule has 0 unspecified atom stereocenters. The summed E-state index contributed by atoms with van der Waals surface area (Å²) in [6.07, 6.45) is -9.76. The highest BCUT2D eigenvalue weighted by Crippen LogP contribution is 2.38. The molecule has 0 heterocycles. The molecule has 14 heteroatoms. The smallest absolute Gasteiger partial charge is 0.420 e. The first-order valence-corrected chi connectivity index (χ1v) is 6.42. The van der Waals surface area contributed by atoms with Crippen LogP contribution < -0.4 is 15.4 Å². The minimum atomic E-state index is -5.04. The number of nitro groups is 1. The van der Waals surface area contributed by atoms with Crippen LogP contribution in [0.4, 0.5) is 36.8 Å². The van der Waals surface area contributed by atoms with Crippen LogP contribution in [-0.2, 0) is 11.0 Å². The molecule has 0 atom stereocenters. The fourth-order valence-corrected chi connectivity index (χ4v) is 1.51. The minimum absolute atomic E-state index is 0.184. The van der Waals surface area contributed by atoms with Crippen molar-refractivity contribution in [3.8, 4) is 5.75 Å². The Kier molecular flexibility index (Phi) is 6.36. The number of carbonyl (C=O) groups is 2. The van der Waals surface area contributed by atoms with Crippen molar-refractivity contribution in [2.24, 2.45) is 0 Å². The minimum Gasteiger partial charge on any atom is -0.483 e. The Morgan fingerprint density at radius 1 is 1.15 bits per heavy atom. The maximum atomic E-state index is 12.9. The van der Waals surface area contributed by atoms with E-state index < -0.39 is 59.4 Å². The van der Waals surface area contributed by atoms with E-state index in [1.807, 2.05) is 0 Å². The van der Waals surface area contributed by atoms with Gasteiger partial charge in [-0.2, -0.15) is 26.3 Å². The van der Waals surface area contributed by atoms with Gasteiger partial charge in [-0.15, -0.1) is 0 Å². The van der Waals surface area contributed by atoms with Gasteiger partial charge in [-0.05, 0) is 6.07 Å². The molecule has 1 aromatic carbocycles. The molecule has 0 fully saturated rings. The van der Waals surface area contributed by atoms with Gasteiger partial charge in [0.1, 0.15) is 17.9 Å². The number of non-ortho nitro benzene ring substituents is 1. The van der Waals surface area contributed by atoms with E-state index >= 15 is 0 Å². The van der Waals surface area contributed by atoms with Crippen molar-refractivity contribution < 1.29 is 45.6 Å². The summed E-state index contributed by atoms with van der Waals surface area (Å²) in [7, 11) is 0. The number of carbonyl (C=O) groups excluding carboxylic acids is 2. The lowest BCUT2D eigenvalue weighted by atomic mass is 10.1. The van der Waals surface area contributed by atoms with Gasteiger partial charge < -0.3 is 10.1 Å². The molecule has 0 aliphatic rings. The molecular weight excluding hydrogens is 380 g/mol. The number of halogens is 6. The highest BCUT2D eigenvalue weighted by Gasteiger charge is 2.36. The van der Waals surface area contributed by atoms with Crippen LogP contribution in [0.25, 0.3) is 0 Å². The summed E-state index contributed by atoms with van der Waals surface area (Å²) >= 11 is 0. The maximum absolute atomic E-state index is 12.9. The number of imide groups is 1. The lowest BCUT2D eigenvalue weighted by molar-refractivity contribution is -0.385. The van der Waals surface area contributed by atoms with Crippen LogP contribution in [0.2, 0.25) is 0 Å². The average Bonchev–Trinajstić information content (AvgIpc) is 2.49. The van der Waals surface area contributed by atoms with E-state index in [0.717, 1.165) is 0 Å². The van der Waals surface area contributed by atoms with Crippen molar-refractivity contribution in [2.75, 3.05) is 13.2 Å². The Morgan fingerprint density at radius 3 is 2.27 bits per heavy atom. The number of nitro benzene ring substituents is 1. The molecule has 1 rings (SSSR count). The Hall–Kier alpha value is -3.06. The van der Waals surface area contributed by atoms with Crippen LogP contribution in [-0.4, -0.2) is 36.2 Å². The third-order valence-corrected chi connectivity index (χ3v) is 2.54. The first-order valence-electron chi connectivity index (χ1n) is 6.42. The van der Waals surface area contributed by atoms with Gasteiger partial charge in [0.25, 0.3) is 11.6 Å². The molecule has 0 aliphatic heterocycles. The van der Waals surface area contributed by atoms with Gasteiger partial charge in [0.2, 0.25) is 0 Å². The summed E-state index contributed by atoms with van der Waals surface area (Å²) in [6.45, 7) is -2.88. The number of amides is 3. The van der Waals surface area contributed by atoms with E-state index in [0.29, 0.717) is 12.1 Å². The predicted molar refractivity (Wildman–Crippen MR) is 71.2 cm³/mol. The summed E-state index contributed by atoms with van der Waals surface area (Å²) in [5, 5.41) is 13.2. The molecule has 0 saturated carbocycles. The van der Waals surface area contributed by atoms with Crippen molar-refractivity contribution in [1.29, 1.82) is 0 Å². The van der Waals surface area contributed by atoms with E-state index in [1.54, 1.807) is 0 Å². The van der Waals surface area contributed by atoms with Crippen molar-refractivity contribution in [3.63, 3.8) is 0 Å². The van der Waals surface area contributed by atoms with Gasteiger partial charge >= 0.3 is 18.4 Å². The van der Waals surface area contributed by atoms with Crippen LogP contribution in [0.1, 0.15) is 5.56 Å². The van der Waals surface area contributed by atoms with Crippen molar-refractivity contribution >= 4 is 17.6 Å². The van der Waals surface area contributed by atoms with Gasteiger partial charge in [0.05, 0.1) is 4.92 Å². The fraction of sp³-hybridized carbons (Fsp3) is 0.333. The molecular formula is C12H9F6N3O5. The normalized spacial score (nSPS) is 11.6. The van der Waals surface area contributed by atoms with Gasteiger partial charge in [-0.3, -0.25) is 20.2 Å². The average molecular weight is 389 g/mol. The number of nitrogens with zero attached hydrogens (tertiary/aromatic N) is 1. The van der Waals surface area contributed by atoms with Crippen LogP contribution in [0, 0.1) is 10.1 Å². The highest BCUT2D eigenvalue weighted by atomic mass is 19.4. The standard InChI is InChI=1S/C12H9F6N3O5/c13-11(14,15)5-19-10(23)20-9(22)4-26-8-2-1-6(21(24)25)3-7(8)12(16,17)18/h1-3H,4-5H2,(H2,19,20,22,23). The van der Waals surface area contributed by atoms with E-state index in [2.05, 4.69) is 4.74 Å². The van der Waals surface area contributed by atoms with E-state index in [1.165, 1.54) is 10.6 Å². The number of hydrogen-bond donors (Lipinski definition) is 2. The summed E-state index contributed by atoms with van der Waals surface area (Å²) in [5.41, 5.74) is -2.42. The first kappa shape index (κ1) is 21.0. The molecule has 3 amide bonds. The SMILES string of the molecule is O=C(COc1ccc([N+](=O)[O-])cc1C(F)(F)F)NC(=O)NCC(F)(F)F. The number of nitrogens with one attached hydrogen (secondary N) is 2. The topological polar surface area (TPSA) is 111 Å². The molecule has 0 bridgehead atoms. The van der Waals surface area contributed by atoms with Gasteiger partial charge in [-0.1, -0.05) is 0 Å². The molecule has 0 spiro atoms. The van der Waals surface area contributed by atoms with E-state index in [9.17, 15) is 46.0 Å². The molecule has 0 aliphatic carbocycles. The summed E-state index contributed by atoms with van der Waals surface area (Å²) in [5.74, 6) is -2.27. The monoisotopic (exact) mass is 389 g/mol. The Balaban J connectivity index is 2.73. The van der Waals surface area contributed by atoms with Gasteiger partial charge in [-0.25, -0.2) is 4.79 Å². The number of alkyl halides is 6. The summed E-state index contributed by atoms with van der Waals surface area (Å²) < 4.78 is 78.7. The molecule has 0 saturated heterocycles. The predicted octanol–water partition coefficient (Wildman–Crippen LogP) is 2.38. The van der Waals surface area contributed by atoms with Gasteiger partial charge in [0, 0.05) is 12.1 Å². The van der Waals surface area contributed by atoms with Crippen LogP contribution in [0.15, 0.2) is 18.2 Å². The van der Waals surface area contributed by atoms with Crippen molar-refractivity contribution in [1.82, 2.24) is 10.6 Å². The van der Waals surface area contributed by atoms with E-state index in [-0.39, 0.29) is 6.07 Å². The molecule has 1 aromatic rings. The number of rotatable bonds is 5. The Morgan fingerprint density at radius 2 is 1.77 bits per heavy atom. The zero-order valence-corrected chi connectivity index (χ0v) is 12.4. The zero-order chi connectivity index (χ0) is 20.1. The molecule has 2 N–H and O–H groups in total. The molecule has 8 nitrogen and oxygen atoms in total. The molecule has 26 heavy (non-hydrogen) atoms. The second-order valence-electron chi connectivity index (χ2n) is 4.57. The number of ether oxygens (including phenoxy) is 1. The second kappa shape index (κ2) is 7.88. The Labute approximate surface area is 140 Å².